The number of aryl methyl sites for hydroxylation is 1. The molecule has 21 heavy (non-hydrogen) atoms. The smallest absolute Gasteiger partial charge is 0.354 e. The van der Waals surface area contributed by atoms with Gasteiger partial charge < -0.3 is 10.2 Å². The van der Waals surface area contributed by atoms with E-state index in [1.54, 1.807) is 0 Å². The van der Waals surface area contributed by atoms with E-state index in [2.05, 4.69) is 5.32 Å². The summed E-state index contributed by atoms with van der Waals surface area (Å²) in [6, 6.07) is 7.77. The normalized spacial score (nSPS) is 13.3. The maximum absolute atomic E-state index is 12.1. The number of rotatable bonds is 6. The van der Waals surface area contributed by atoms with Crippen LogP contribution in [0.15, 0.2) is 24.3 Å². The van der Waals surface area contributed by atoms with Crippen LogP contribution in [0.5, 0.6) is 0 Å². The molecule has 0 saturated heterocycles. The van der Waals surface area contributed by atoms with Gasteiger partial charge in [-0.2, -0.15) is 13.2 Å². The van der Waals surface area contributed by atoms with E-state index < -0.39 is 24.9 Å². The Morgan fingerprint density at radius 3 is 2.52 bits per heavy atom. The molecule has 1 aromatic rings. The Labute approximate surface area is 123 Å². The number of benzene rings is 1. The molecular weight excluding hydrogens is 281 g/mol. The Kier molecular flexibility index (Phi) is 6.20. The zero-order chi connectivity index (χ0) is 16.0. The van der Waals surface area contributed by atoms with Crippen molar-refractivity contribution in [3.05, 3.63) is 35.4 Å². The molecule has 0 aliphatic rings. The maximum Gasteiger partial charge on any atom is 0.389 e. The van der Waals surface area contributed by atoms with Crippen LogP contribution in [0.3, 0.4) is 0 Å². The van der Waals surface area contributed by atoms with Gasteiger partial charge in [0.2, 0.25) is 5.91 Å². The summed E-state index contributed by atoms with van der Waals surface area (Å²) in [6.45, 7) is 2.26. The Balaban J connectivity index is 2.58. The summed E-state index contributed by atoms with van der Waals surface area (Å²) in [4.78, 5) is 13.4. The molecule has 0 unspecified atom stereocenters. The molecule has 3 nitrogen and oxygen atoms in total. The number of hydrogen-bond acceptors (Lipinski definition) is 2. The fraction of sp³-hybridized carbons (Fsp3) is 0.533. The first kappa shape index (κ1) is 17.5. The molecular formula is C15H21F3N2O. The standard InChI is InChI=1S/C15H21F3N2O/c1-11-5-4-6-12(9-11)13(20(2)3)10-19-14(21)7-8-15(16,17)18/h4-6,9,13H,7-8,10H2,1-3H3,(H,19,21)/t13-/m1/s1. The van der Waals surface area contributed by atoms with Crippen molar-refractivity contribution in [2.24, 2.45) is 0 Å². The first-order valence-electron chi connectivity index (χ1n) is 6.75. The van der Waals surface area contributed by atoms with Gasteiger partial charge in [0.15, 0.2) is 0 Å². The molecule has 1 rings (SSSR count). The maximum atomic E-state index is 12.1. The van der Waals surface area contributed by atoms with Crippen LogP contribution in [0.4, 0.5) is 13.2 Å². The predicted octanol–water partition coefficient (Wildman–Crippen LogP) is 3.06. The minimum atomic E-state index is -4.30. The molecule has 0 aliphatic heterocycles. The summed E-state index contributed by atoms with van der Waals surface area (Å²) in [5, 5.41) is 2.57. The van der Waals surface area contributed by atoms with Crippen molar-refractivity contribution in [1.82, 2.24) is 10.2 Å². The van der Waals surface area contributed by atoms with Gasteiger partial charge >= 0.3 is 6.18 Å². The summed E-state index contributed by atoms with van der Waals surface area (Å²) < 4.78 is 36.2. The summed E-state index contributed by atoms with van der Waals surface area (Å²) >= 11 is 0. The largest absolute Gasteiger partial charge is 0.389 e. The highest BCUT2D eigenvalue weighted by Crippen LogP contribution is 2.21. The molecule has 1 aromatic carbocycles. The molecule has 1 atom stereocenters. The van der Waals surface area contributed by atoms with E-state index in [0.717, 1.165) is 11.1 Å². The van der Waals surface area contributed by atoms with E-state index in [1.165, 1.54) is 0 Å². The Morgan fingerprint density at radius 2 is 2.00 bits per heavy atom. The number of halogens is 3. The molecule has 0 heterocycles. The molecule has 0 radical (unpaired) electrons. The minimum absolute atomic E-state index is 0.0697. The SMILES string of the molecule is Cc1cccc([C@@H](CNC(=O)CCC(F)(F)F)N(C)C)c1. The van der Waals surface area contributed by atoms with Gasteiger partial charge in [0.25, 0.3) is 0 Å². The highest BCUT2D eigenvalue weighted by molar-refractivity contribution is 5.75. The van der Waals surface area contributed by atoms with Crippen LogP contribution in [-0.2, 0) is 4.79 Å². The molecule has 0 spiro atoms. The second-order valence-electron chi connectivity index (χ2n) is 5.31. The van der Waals surface area contributed by atoms with E-state index in [1.807, 2.05) is 50.2 Å². The molecule has 0 fully saturated rings. The van der Waals surface area contributed by atoms with Crippen molar-refractivity contribution in [3.8, 4) is 0 Å². The van der Waals surface area contributed by atoms with Crippen LogP contribution in [0.2, 0.25) is 0 Å². The molecule has 118 valence electrons. The molecule has 0 aliphatic carbocycles. The van der Waals surface area contributed by atoms with Crippen LogP contribution in [0.1, 0.15) is 30.0 Å². The van der Waals surface area contributed by atoms with Crippen molar-refractivity contribution in [2.75, 3.05) is 20.6 Å². The summed E-state index contributed by atoms with van der Waals surface area (Å²) in [5.74, 6) is -0.577. The predicted molar refractivity (Wildman–Crippen MR) is 75.9 cm³/mol. The number of nitrogens with one attached hydrogen (secondary N) is 1. The van der Waals surface area contributed by atoms with Crippen LogP contribution in [0, 0.1) is 6.92 Å². The molecule has 0 aromatic heterocycles. The lowest BCUT2D eigenvalue weighted by molar-refractivity contribution is -0.144. The van der Waals surface area contributed by atoms with Gasteiger partial charge in [-0.15, -0.1) is 0 Å². The number of hydrogen-bond donors (Lipinski definition) is 1. The Bertz CT molecular complexity index is 472. The average Bonchev–Trinajstić information content (AvgIpc) is 2.35. The number of carbonyl (C=O) groups is 1. The second-order valence-corrected chi connectivity index (χ2v) is 5.31. The fourth-order valence-electron chi connectivity index (χ4n) is 2.03. The number of alkyl halides is 3. The highest BCUT2D eigenvalue weighted by atomic mass is 19.4. The third-order valence-electron chi connectivity index (χ3n) is 3.18. The third-order valence-corrected chi connectivity index (χ3v) is 3.18. The Morgan fingerprint density at radius 1 is 1.33 bits per heavy atom. The van der Waals surface area contributed by atoms with E-state index in [-0.39, 0.29) is 12.6 Å². The molecule has 0 saturated carbocycles. The van der Waals surface area contributed by atoms with E-state index in [9.17, 15) is 18.0 Å². The highest BCUT2D eigenvalue weighted by Gasteiger charge is 2.28. The monoisotopic (exact) mass is 302 g/mol. The number of likely N-dealkylation sites (N-methyl/N-ethyl adjacent to an activating group) is 1. The molecule has 1 N–H and O–H groups in total. The van der Waals surface area contributed by atoms with Crippen molar-refractivity contribution in [3.63, 3.8) is 0 Å². The van der Waals surface area contributed by atoms with Crippen molar-refractivity contribution >= 4 is 5.91 Å². The number of carbonyl (C=O) groups excluding carboxylic acids is 1. The zero-order valence-electron chi connectivity index (χ0n) is 12.5. The fourth-order valence-corrected chi connectivity index (χ4v) is 2.03. The molecule has 0 bridgehead atoms. The van der Waals surface area contributed by atoms with Gasteiger partial charge in [-0.05, 0) is 26.6 Å². The lowest BCUT2D eigenvalue weighted by Crippen LogP contribution is -2.35. The third kappa shape index (κ3) is 6.62. The topological polar surface area (TPSA) is 32.3 Å². The van der Waals surface area contributed by atoms with Gasteiger partial charge in [-0.1, -0.05) is 29.8 Å². The quantitative estimate of drug-likeness (QED) is 0.876. The van der Waals surface area contributed by atoms with Gasteiger partial charge in [-0.25, -0.2) is 0 Å². The minimum Gasteiger partial charge on any atom is -0.354 e. The lowest BCUT2D eigenvalue weighted by Gasteiger charge is -2.25. The van der Waals surface area contributed by atoms with Crippen LogP contribution >= 0.6 is 0 Å². The first-order valence-corrected chi connectivity index (χ1v) is 6.75. The Hall–Kier alpha value is -1.56. The summed E-state index contributed by atoms with van der Waals surface area (Å²) in [5.41, 5.74) is 2.12. The van der Waals surface area contributed by atoms with E-state index in [4.69, 9.17) is 0 Å². The van der Waals surface area contributed by atoms with E-state index in [0.29, 0.717) is 0 Å². The average molecular weight is 302 g/mol. The summed E-state index contributed by atoms with van der Waals surface area (Å²) in [6.07, 6.45) is -5.91. The van der Waals surface area contributed by atoms with Crippen LogP contribution in [-0.4, -0.2) is 37.6 Å². The zero-order valence-corrected chi connectivity index (χ0v) is 12.5. The van der Waals surface area contributed by atoms with Crippen molar-refractivity contribution in [2.45, 2.75) is 32.0 Å². The number of amides is 1. The van der Waals surface area contributed by atoms with Crippen LogP contribution < -0.4 is 5.32 Å². The van der Waals surface area contributed by atoms with E-state index >= 15 is 0 Å². The number of nitrogens with zero attached hydrogens (tertiary/aromatic N) is 1. The second kappa shape index (κ2) is 7.45. The van der Waals surface area contributed by atoms with Crippen LogP contribution in [0.25, 0.3) is 0 Å². The molecule has 1 amide bonds. The van der Waals surface area contributed by atoms with Crippen molar-refractivity contribution < 1.29 is 18.0 Å². The van der Waals surface area contributed by atoms with Gasteiger partial charge in [-0.3, -0.25) is 4.79 Å². The van der Waals surface area contributed by atoms with Gasteiger partial charge in [0.05, 0.1) is 12.5 Å². The molecule has 6 heteroatoms. The summed E-state index contributed by atoms with van der Waals surface area (Å²) in [7, 11) is 3.74. The first-order chi connectivity index (χ1) is 9.69. The van der Waals surface area contributed by atoms with Gasteiger partial charge in [0.1, 0.15) is 0 Å². The lowest BCUT2D eigenvalue weighted by atomic mass is 10.0. The van der Waals surface area contributed by atoms with Crippen molar-refractivity contribution in [1.29, 1.82) is 0 Å². The van der Waals surface area contributed by atoms with Gasteiger partial charge in [0, 0.05) is 13.0 Å².